The molecule has 1 aliphatic heterocycles. The van der Waals surface area contributed by atoms with E-state index in [1.165, 1.54) is 30.2 Å². The molecule has 2 nitrogen and oxygen atoms in total. The minimum Gasteiger partial charge on any atom is -0.365 e. The first-order chi connectivity index (χ1) is 5.45. The molecule has 0 aromatic rings. The Balaban J connectivity index is 1.70. The van der Waals surface area contributed by atoms with E-state index in [0.29, 0.717) is 0 Å². The highest BCUT2D eigenvalue weighted by atomic mass is 32.2. The monoisotopic (exact) mass is 170 g/mol. The van der Waals surface area contributed by atoms with Crippen molar-refractivity contribution in [1.29, 1.82) is 0 Å². The molecule has 0 aromatic heterocycles. The van der Waals surface area contributed by atoms with Crippen LogP contribution in [0.3, 0.4) is 0 Å². The summed E-state index contributed by atoms with van der Waals surface area (Å²) in [4.78, 5) is 4.40. The number of hydrogen-bond donors (Lipinski definition) is 1. The zero-order valence-corrected chi connectivity index (χ0v) is 7.49. The zero-order valence-electron chi connectivity index (χ0n) is 6.68. The number of hydrogen-bond acceptors (Lipinski definition) is 3. The SMILES string of the molecule is C1CN=C(NCC2CC2)SC1. The van der Waals surface area contributed by atoms with Gasteiger partial charge in [-0.05, 0) is 25.2 Å². The highest BCUT2D eigenvalue weighted by molar-refractivity contribution is 8.13. The van der Waals surface area contributed by atoms with Crippen molar-refractivity contribution in [3.8, 4) is 0 Å². The molecule has 1 heterocycles. The van der Waals surface area contributed by atoms with Gasteiger partial charge in [0.15, 0.2) is 5.17 Å². The summed E-state index contributed by atoms with van der Waals surface area (Å²) in [7, 11) is 0. The van der Waals surface area contributed by atoms with E-state index in [4.69, 9.17) is 0 Å². The highest BCUT2D eigenvalue weighted by Crippen LogP contribution is 2.27. The first-order valence-electron chi connectivity index (χ1n) is 4.36. The molecule has 0 saturated heterocycles. The zero-order chi connectivity index (χ0) is 7.52. The normalized spacial score (nSPS) is 24.5. The molecule has 62 valence electrons. The Morgan fingerprint density at radius 2 is 2.45 bits per heavy atom. The van der Waals surface area contributed by atoms with Gasteiger partial charge in [-0.1, -0.05) is 11.8 Å². The molecule has 0 aromatic carbocycles. The number of thioether (sulfide) groups is 1. The third kappa shape index (κ3) is 2.40. The first-order valence-corrected chi connectivity index (χ1v) is 5.35. The summed E-state index contributed by atoms with van der Waals surface area (Å²) in [5.41, 5.74) is 0. The van der Waals surface area contributed by atoms with Gasteiger partial charge in [0.1, 0.15) is 0 Å². The predicted octanol–water partition coefficient (Wildman–Crippen LogP) is 1.48. The molecule has 0 bridgehead atoms. The lowest BCUT2D eigenvalue weighted by atomic mass is 10.4. The topological polar surface area (TPSA) is 24.4 Å². The Kier molecular flexibility index (Phi) is 2.36. The number of rotatable bonds is 2. The van der Waals surface area contributed by atoms with Gasteiger partial charge in [-0.25, -0.2) is 0 Å². The summed E-state index contributed by atoms with van der Waals surface area (Å²) in [6, 6.07) is 0. The van der Waals surface area contributed by atoms with Gasteiger partial charge in [-0.15, -0.1) is 0 Å². The van der Waals surface area contributed by atoms with E-state index in [2.05, 4.69) is 10.3 Å². The summed E-state index contributed by atoms with van der Waals surface area (Å²) >= 11 is 1.87. The van der Waals surface area contributed by atoms with Crippen molar-refractivity contribution in [2.45, 2.75) is 19.3 Å². The van der Waals surface area contributed by atoms with Crippen LogP contribution in [0.25, 0.3) is 0 Å². The van der Waals surface area contributed by atoms with Crippen molar-refractivity contribution in [3.05, 3.63) is 0 Å². The number of nitrogens with zero attached hydrogens (tertiary/aromatic N) is 1. The maximum absolute atomic E-state index is 4.40. The molecule has 11 heavy (non-hydrogen) atoms. The summed E-state index contributed by atoms with van der Waals surface area (Å²) in [6.45, 7) is 2.19. The van der Waals surface area contributed by atoms with E-state index < -0.39 is 0 Å². The van der Waals surface area contributed by atoms with Crippen molar-refractivity contribution in [1.82, 2.24) is 5.32 Å². The van der Waals surface area contributed by atoms with E-state index in [0.717, 1.165) is 19.0 Å². The molecule has 1 N–H and O–H groups in total. The Morgan fingerprint density at radius 3 is 3.09 bits per heavy atom. The van der Waals surface area contributed by atoms with Crippen LogP contribution in [0.15, 0.2) is 4.99 Å². The molecule has 2 aliphatic rings. The fourth-order valence-electron chi connectivity index (χ4n) is 1.12. The van der Waals surface area contributed by atoms with Crippen LogP contribution in [0.5, 0.6) is 0 Å². The minimum absolute atomic E-state index is 0.959. The van der Waals surface area contributed by atoms with E-state index in [-0.39, 0.29) is 0 Å². The van der Waals surface area contributed by atoms with Gasteiger partial charge in [0.25, 0.3) is 0 Å². The molecular formula is C8H14N2S. The number of nitrogens with one attached hydrogen (secondary N) is 1. The van der Waals surface area contributed by atoms with Crippen LogP contribution >= 0.6 is 11.8 Å². The molecule has 3 heteroatoms. The van der Waals surface area contributed by atoms with Crippen molar-refractivity contribution in [2.24, 2.45) is 10.9 Å². The van der Waals surface area contributed by atoms with Crippen LogP contribution in [-0.4, -0.2) is 24.0 Å². The molecule has 0 unspecified atom stereocenters. The maximum atomic E-state index is 4.40. The Hall–Kier alpha value is -0.180. The average molecular weight is 170 g/mol. The molecule has 2 rings (SSSR count). The highest BCUT2D eigenvalue weighted by Gasteiger charge is 2.21. The van der Waals surface area contributed by atoms with Gasteiger partial charge in [-0.3, -0.25) is 4.99 Å². The maximum Gasteiger partial charge on any atom is 0.156 e. The molecule has 0 spiro atoms. The van der Waals surface area contributed by atoms with Crippen molar-refractivity contribution in [2.75, 3.05) is 18.8 Å². The van der Waals surface area contributed by atoms with Gasteiger partial charge in [0.2, 0.25) is 0 Å². The fraction of sp³-hybridized carbons (Fsp3) is 0.875. The van der Waals surface area contributed by atoms with Gasteiger partial charge < -0.3 is 5.32 Å². The van der Waals surface area contributed by atoms with Crippen molar-refractivity contribution >= 4 is 16.9 Å². The van der Waals surface area contributed by atoms with Gasteiger partial charge >= 0.3 is 0 Å². The second-order valence-corrected chi connectivity index (χ2v) is 4.30. The number of amidine groups is 1. The second kappa shape index (κ2) is 3.48. The summed E-state index contributed by atoms with van der Waals surface area (Å²) in [6.07, 6.45) is 4.09. The van der Waals surface area contributed by atoms with Crippen LogP contribution in [0.1, 0.15) is 19.3 Å². The van der Waals surface area contributed by atoms with Crippen molar-refractivity contribution in [3.63, 3.8) is 0 Å². The molecule has 0 atom stereocenters. The van der Waals surface area contributed by atoms with Crippen LogP contribution in [0.4, 0.5) is 0 Å². The first kappa shape index (κ1) is 7.47. The third-order valence-electron chi connectivity index (χ3n) is 2.04. The quantitative estimate of drug-likeness (QED) is 0.679. The average Bonchev–Trinajstić information content (AvgIpc) is 2.86. The molecule has 0 amide bonds. The molecular weight excluding hydrogens is 156 g/mol. The molecule has 1 aliphatic carbocycles. The molecule has 0 radical (unpaired) electrons. The van der Waals surface area contributed by atoms with Crippen LogP contribution in [0.2, 0.25) is 0 Å². The van der Waals surface area contributed by atoms with Crippen LogP contribution in [0, 0.1) is 5.92 Å². The van der Waals surface area contributed by atoms with E-state index >= 15 is 0 Å². The number of aliphatic imine (C=N–C) groups is 1. The standard InChI is InChI=1S/C8H14N2S/c1-4-9-8(11-5-1)10-6-7-2-3-7/h7H,1-6H2,(H,9,10). The fourth-order valence-corrected chi connectivity index (χ4v) is 1.95. The Bertz CT molecular complexity index is 163. The van der Waals surface area contributed by atoms with Crippen molar-refractivity contribution < 1.29 is 0 Å². The van der Waals surface area contributed by atoms with E-state index in [9.17, 15) is 0 Å². The largest absolute Gasteiger partial charge is 0.365 e. The molecule has 1 fully saturated rings. The Labute approximate surface area is 71.9 Å². The minimum atomic E-state index is 0.959. The van der Waals surface area contributed by atoms with Gasteiger partial charge in [0.05, 0.1) is 0 Å². The van der Waals surface area contributed by atoms with Crippen LogP contribution in [-0.2, 0) is 0 Å². The lowest BCUT2D eigenvalue weighted by Crippen LogP contribution is -2.25. The summed E-state index contributed by atoms with van der Waals surface area (Å²) in [5.74, 6) is 2.21. The van der Waals surface area contributed by atoms with E-state index in [1.54, 1.807) is 0 Å². The summed E-state index contributed by atoms with van der Waals surface area (Å²) < 4.78 is 0. The Morgan fingerprint density at radius 1 is 1.55 bits per heavy atom. The van der Waals surface area contributed by atoms with E-state index in [1.807, 2.05) is 11.8 Å². The smallest absolute Gasteiger partial charge is 0.156 e. The lowest BCUT2D eigenvalue weighted by molar-refractivity contribution is 0.771. The third-order valence-corrected chi connectivity index (χ3v) is 3.08. The van der Waals surface area contributed by atoms with Gasteiger partial charge in [-0.2, -0.15) is 0 Å². The van der Waals surface area contributed by atoms with Gasteiger partial charge in [0, 0.05) is 18.8 Å². The lowest BCUT2D eigenvalue weighted by Gasteiger charge is -2.12. The molecule has 1 saturated carbocycles. The van der Waals surface area contributed by atoms with Crippen LogP contribution < -0.4 is 5.32 Å². The predicted molar refractivity (Wildman–Crippen MR) is 50.1 cm³/mol. The second-order valence-electron chi connectivity index (χ2n) is 3.21. The summed E-state index contributed by atoms with van der Waals surface area (Å²) in [5, 5.41) is 4.58.